The molecule has 1 aliphatic rings. The molecule has 2 nitrogen and oxygen atoms in total. The molecule has 0 unspecified atom stereocenters. The minimum absolute atomic E-state index is 0.0103. The van der Waals surface area contributed by atoms with E-state index in [-0.39, 0.29) is 5.60 Å². The van der Waals surface area contributed by atoms with Crippen molar-refractivity contribution < 1.29 is 4.74 Å². The van der Waals surface area contributed by atoms with Crippen molar-refractivity contribution >= 4 is 0 Å². The standard InChI is InChI=1S/C9H19NO/c1-7-5-8(6-10-7)11-9(2,3)4/h7-8,10H,5-6H2,1-4H3/t7-,8-/m1/s1. The molecule has 0 aromatic rings. The normalized spacial score (nSPS) is 32.7. The predicted molar refractivity (Wildman–Crippen MR) is 46.7 cm³/mol. The van der Waals surface area contributed by atoms with Crippen LogP contribution in [0.5, 0.6) is 0 Å². The Morgan fingerprint density at radius 3 is 2.36 bits per heavy atom. The Morgan fingerprint density at radius 1 is 1.36 bits per heavy atom. The van der Waals surface area contributed by atoms with Crippen molar-refractivity contribution in [2.45, 2.75) is 51.9 Å². The van der Waals surface area contributed by atoms with Crippen LogP contribution in [-0.2, 0) is 4.74 Å². The van der Waals surface area contributed by atoms with Gasteiger partial charge in [0.25, 0.3) is 0 Å². The van der Waals surface area contributed by atoms with Crippen molar-refractivity contribution in [1.82, 2.24) is 5.32 Å². The topological polar surface area (TPSA) is 21.3 Å². The van der Waals surface area contributed by atoms with Crippen LogP contribution in [-0.4, -0.2) is 24.3 Å². The van der Waals surface area contributed by atoms with Gasteiger partial charge in [-0.15, -0.1) is 0 Å². The molecule has 0 aromatic heterocycles. The molecule has 11 heavy (non-hydrogen) atoms. The van der Waals surface area contributed by atoms with Gasteiger partial charge >= 0.3 is 0 Å². The summed E-state index contributed by atoms with van der Waals surface area (Å²) in [6.45, 7) is 9.53. The Labute approximate surface area is 69.3 Å². The molecular formula is C9H19NO. The van der Waals surface area contributed by atoms with Gasteiger partial charge in [0.1, 0.15) is 0 Å². The van der Waals surface area contributed by atoms with E-state index in [4.69, 9.17) is 4.74 Å². The first-order valence-corrected chi connectivity index (χ1v) is 4.38. The lowest BCUT2D eigenvalue weighted by molar-refractivity contribution is -0.0507. The molecule has 1 heterocycles. The first kappa shape index (κ1) is 9.01. The quantitative estimate of drug-likeness (QED) is 0.623. The largest absolute Gasteiger partial charge is 0.371 e. The number of ether oxygens (including phenoxy) is 1. The summed E-state index contributed by atoms with van der Waals surface area (Å²) in [5.74, 6) is 0. The minimum atomic E-state index is 0.0103. The summed E-state index contributed by atoms with van der Waals surface area (Å²) in [5.41, 5.74) is 0.0103. The monoisotopic (exact) mass is 157 g/mol. The fraction of sp³-hybridized carbons (Fsp3) is 1.00. The van der Waals surface area contributed by atoms with Gasteiger partial charge < -0.3 is 10.1 Å². The van der Waals surface area contributed by atoms with E-state index in [1.807, 2.05) is 0 Å². The van der Waals surface area contributed by atoms with Gasteiger partial charge in [-0.05, 0) is 34.1 Å². The van der Waals surface area contributed by atoms with Crippen LogP contribution in [0.4, 0.5) is 0 Å². The summed E-state index contributed by atoms with van der Waals surface area (Å²) in [4.78, 5) is 0. The molecule has 1 saturated heterocycles. The van der Waals surface area contributed by atoms with E-state index < -0.39 is 0 Å². The van der Waals surface area contributed by atoms with Crippen molar-refractivity contribution in [1.29, 1.82) is 0 Å². The highest BCUT2D eigenvalue weighted by Crippen LogP contribution is 2.17. The van der Waals surface area contributed by atoms with Crippen LogP contribution < -0.4 is 5.32 Å². The van der Waals surface area contributed by atoms with E-state index >= 15 is 0 Å². The fourth-order valence-electron chi connectivity index (χ4n) is 1.48. The van der Waals surface area contributed by atoms with E-state index in [1.165, 1.54) is 0 Å². The van der Waals surface area contributed by atoms with Crippen LogP contribution in [0.25, 0.3) is 0 Å². The summed E-state index contributed by atoms with van der Waals surface area (Å²) < 4.78 is 5.81. The van der Waals surface area contributed by atoms with Gasteiger partial charge in [-0.1, -0.05) is 0 Å². The van der Waals surface area contributed by atoms with Crippen molar-refractivity contribution in [3.8, 4) is 0 Å². The van der Waals surface area contributed by atoms with E-state index in [9.17, 15) is 0 Å². The zero-order valence-corrected chi connectivity index (χ0v) is 7.98. The second-order valence-corrected chi connectivity index (χ2v) is 4.40. The Hall–Kier alpha value is -0.0800. The highest BCUT2D eigenvalue weighted by Gasteiger charge is 2.25. The molecule has 1 fully saturated rings. The molecular weight excluding hydrogens is 138 g/mol. The predicted octanol–water partition coefficient (Wildman–Crippen LogP) is 1.55. The Kier molecular flexibility index (Phi) is 2.55. The van der Waals surface area contributed by atoms with Gasteiger partial charge in [0.05, 0.1) is 11.7 Å². The van der Waals surface area contributed by atoms with E-state index in [2.05, 4.69) is 33.0 Å². The molecule has 1 aliphatic heterocycles. The minimum Gasteiger partial charge on any atom is -0.371 e. The molecule has 0 saturated carbocycles. The van der Waals surface area contributed by atoms with E-state index in [1.54, 1.807) is 0 Å². The molecule has 0 amide bonds. The number of hydrogen-bond acceptors (Lipinski definition) is 2. The maximum atomic E-state index is 5.81. The van der Waals surface area contributed by atoms with Crippen LogP contribution in [0, 0.1) is 0 Å². The Morgan fingerprint density at radius 2 is 2.00 bits per heavy atom. The third-order valence-electron chi connectivity index (χ3n) is 1.83. The lowest BCUT2D eigenvalue weighted by Crippen LogP contribution is -2.28. The molecule has 1 rings (SSSR count). The fourth-order valence-corrected chi connectivity index (χ4v) is 1.48. The van der Waals surface area contributed by atoms with Gasteiger partial charge in [0.2, 0.25) is 0 Å². The number of nitrogens with one attached hydrogen (secondary N) is 1. The average molecular weight is 157 g/mol. The lowest BCUT2D eigenvalue weighted by atomic mass is 10.1. The zero-order valence-electron chi connectivity index (χ0n) is 7.98. The molecule has 0 aliphatic carbocycles. The van der Waals surface area contributed by atoms with Crippen LogP contribution in [0.3, 0.4) is 0 Å². The van der Waals surface area contributed by atoms with Gasteiger partial charge in [-0.3, -0.25) is 0 Å². The van der Waals surface area contributed by atoms with Crippen LogP contribution in [0.1, 0.15) is 34.1 Å². The molecule has 0 bridgehead atoms. The Balaban J connectivity index is 2.29. The number of rotatable bonds is 1. The molecule has 1 N–H and O–H groups in total. The van der Waals surface area contributed by atoms with Crippen LogP contribution >= 0.6 is 0 Å². The molecule has 2 atom stereocenters. The summed E-state index contributed by atoms with van der Waals surface area (Å²) in [7, 11) is 0. The smallest absolute Gasteiger partial charge is 0.0721 e. The van der Waals surface area contributed by atoms with Crippen molar-refractivity contribution in [2.24, 2.45) is 0 Å². The Bertz CT molecular complexity index is 128. The highest BCUT2D eigenvalue weighted by molar-refractivity contribution is 4.80. The number of hydrogen-bond donors (Lipinski definition) is 1. The molecule has 0 aromatic carbocycles. The maximum absolute atomic E-state index is 5.81. The maximum Gasteiger partial charge on any atom is 0.0721 e. The first-order valence-electron chi connectivity index (χ1n) is 4.38. The molecule has 66 valence electrons. The van der Waals surface area contributed by atoms with E-state index in [0.29, 0.717) is 12.1 Å². The summed E-state index contributed by atoms with van der Waals surface area (Å²) >= 11 is 0. The van der Waals surface area contributed by atoms with Gasteiger partial charge in [0, 0.05) is 12.6 Å². The van der Waals surface area contributed by atoms with Gasteiger partial charge in [-0.25, -0.2) is 0 Å². The molecule has 0 spiro atoms. The summed E-state index contributed by atoms with van der Waals surface area (Å²) in [6.07, 6.45) is 1.57. The molecule has 0 radical (unpaired) electrons. The van der Waals surface area contributed by atoms with Crippen molar-refractivity contribution in [2.75, 3.05) is 6.54 Å². The third kappa shape index (κ3) is 3.21. The van der Waals surface area contributed by atoms with Gasteiger partial charge in [0.15, 0.2) is 0 Å². The van der Waals surface area contributed by atoms with Gasteiger partial charge in [-0.2, -0.15) is 0 Å². The van der Waals surface area contributed by atoms with Crippen LogP contribution in [0.15, 0.2) is 0 Å². The second kappa shape index (κ2) is 3.11. The third-order valence-corrected chi connectivity index (χ3v) is 1.83. The van der Waals surface area contributed by atoms with Crippen molar-refractivity contribution in [3.63, 3.8) is 0 Å². The highest BCUT2D eigenvalue weighted by atomic mass is 16.5. The summed E-state index contributed by atoms with van der Waals surface area (Å²) in [6, 6.07) is 0.627. The second-order valence-electron chi connectivity index (χ2n) is 4.40. The lowest BCUT2D eigenvalue weighted by Gasteiger charge is -2.24. The van der Waals surface area contributed by atoms with Crippen molar-refractivity contribution in [3.05, 3.63) is 0 Å². The first-order chi connectivity index (χ1) is 4.97. The zero-order chi connectivity index (χ0) is 8.48. The summed E-state index contributed by atoms with van der Waals surface area (Å²) in [5, 5.41) is 3.37. The SMILES string of the molecule is C[C@@H]1C[C@@H](OC(C)(C)C)CN1. The molecule has 2 heteroatoms. The van der Waals surface area contributed by atoms with Crippen LogP contribution in [0.2, 0.25) is 0 Å². The van der Waals surface area contributed by atoms with E-state index in [0.717, 1.165) is 13.0 Å². The average Bonchev–Trinajstić information content (AvgIpc) is 2.10.